The fourth-order valence-electron chi connectivity index (χ4n) is 2.50. The predicted molar refractivity (Wildman–Crippen MR) is 67.8 cm³/mol. The maximum Gasteiger partial charge on any atom is 0.130 e. The first-order valence-corrected chi connectivity index (χ1v) is 6.60. The standard InChI is InChI=1S/C14H23NO2/c1-11-7-13(17-14(11)8-15-2)10-16-9-12-5-3-4-6-12/h7,12,15H,3-6,8-10H2,1-2H3. The molecule has 3 nitrogen and oxygen atoms in total. The molecule has 0 aliphatic heterocycles. The molecule has 0 spiro atoms. The van der Waals surface area contributed by atoms with Gasteiger partial charge in [-0.15, -0.1) is 0 Å². The van der Waals surface area contributed by atoms with Gasteiger partial charge in [0.2, 0.25) is 0 Å². The van der Waals surface area contributed by atoms with Gasteiger partial charge in [0.15, 0.2) is 0 Å². The fraction of sp³-hybridized carbons (Fsp3) is 0.714. The van der Waals surface area contributed by atoms with Gasteiger partial charge in [-0.1, -0.05) is 12.8 Å². The molecule has 1 aliphatic carbocycles. The molecule has 1 saturated carbocycles. The Morgan fingerprint density at radius 3 is 2.88 bits per heavy atom. The largest absolute Gasteiger partial charge is 0.462 e. The topological polar surface area (TPSA) is 34.4 Å². The Bertz CT molecular complexity index is 340. The maximum absolute atomic E-state index is 5.74. The van der Waals surface area contributed by atoms with Crippen LogP contribution < -0.4 is 5.32 Å². The van der Waals surface area contributed by atoms with Crippen LogP contribution >= 0.6 is 0 Å². The molecule has 0 aromatic carbocycles. The Morgan fingerprint density at radius 2 is 2.18 bits per heavy atom. The molecule has 1 fully saturated rings. The summed E-state index contributed by atoms with van der Waals surface area (Å²) < 4.78 is 11.5. The van der Waals surface area contributed by atoms with Crippen molar-refractivity contribution in [1.82, 2.24) is 5.32 Å². The highest BCUT2D eigenvalue weighted by Crippen LogP contribution is 2.25. The molecule has 3 heteroatoms. The molecule has 0 unspecified atom stereocenters. The molecule has 0 amide bonds. The first-order chi connectivity index (χ1) is 8.29. The van der Waals surface area contributed by atoms with Crippen molar-refractivity contribution in [3.63, 3.8) is 0 Å². The minimum atomic E-state index is 0.612. The van der Waals surface area contributed by atoms with Crippen LogP contribution in [0.15, 0.2) is 10.5 Å². The number of aryl methyl sites for hydroxylation is 1. The average Bonchev–Trinajstić information content (AvgIpc) is 2.91. The second kappa shape index (κ2) is 6.22. The monoisotopic (exact) mass is 237 g/mol. The van der Waals surface area contributed by atoms with Crippen molar-refractivity contribution in [2.45, 2.75) is 45.8 Å². The molecule has 1 aromatic rings. The van der Waals surface area contributed by atoms with Crippen LogP contribution in [0.5, 0.6) is 0 Å². The van der Waals surface area contributed by atoms with Crippen molar-refractivity contribution >= 4 is 0 Å². The fourth-order valence-corrected chi connectivity index (χ4v) is 2.50. The lowest BCUT2D eigenvalue weighted by molar-refractivity contribution is 0.0764. The zero-order chi connectivity index (χ0) is 12.1. The molecule has 0 radical (unpaired) electrons. The summed E-state index contributed by atoms with van der Waals surface area (Å²) >= 11 is 0. The van der Waals surface area contributed by atoms with Gasteiger partial charge in [-0.05, 0) is 44.4 Å². The van der Waals surface area contributed by atoms with Crippen molar-refractivity contribution in [3.05, 3.63) is 23.2 Å². The SMILES string of the molecule is CNCc1oc(COCC2CCCC2)cc1C. The number of nitrogens with one attached hydrogen (secondary N) is 1. The Labute approximate surface area is 104 Å². The molecule has 2 rings (SSSR count). The maximum atomic E-state index is 5.74. The van der Waals surface area contributed by atoms with E-state index < -0.39 is 0 Å². The van der Waals surface area contributed by atoms with E-state index in [-0.39, 0.29) is 0 Å². The van der Waals surface area contributed by atoms with Crippen molar-refractivity contribution in [2.24, 2.45) is 5.92 Å². The van der Waals surface area contributed by atoms with Crippen LogP contribution in [0.4, 0.5) is 0 Å². The van der Waals surface area contributed by atoms with Gasteiger partial charge in [0.25, 0.3) is 0 Å². The number of rotatable bonds is 6. The minimum Gasteiger partial charge on any atom is -0.462 e. The summed E-state index contributed by atoms with van der Waals surface area (Å²) in [4.78, 5) is 0. The van der Waals surface area contributed by atoms with E-state index in [2.05, 4.69) is 18.3 Å². The van der Waals surface area contributed by atoms with Crippen LogP contribution in [-0.2, 0) is 17.9 Å². The lowest BCUT2D eigenvalue weighted by Gasteiger charge is -2.08. The third kappa shape index (κ3) is 3.58. The zero-order valence-electron chi connectivity index (χ0n) is 10.9. The van der Waals surface area contributed by atoms with E-state index in [9.17, 15) is 0 Å². The molecule has 1 N–H and O–H groups in total. The Balaban J connectivity index is 1.76. The second-order valence-corrected chi connectivity index (χ2v) is 5.01. The molecule has 96 valence electrons. The van der Waals surface area contributed by atoms with Crippen molar-refractivity contribution in [2.75, 3.05) is 13.7 Å². The summed E-state index contributed by atoms with van der Waals surface area (Å²) in [6.07, 6.45) is 5.42. The number of ether oxygens (including phenoxy) is 1. The van der Waals surface area contributed by atoms with Crippen molar-refractivity contribution < 1.29 is 9.15 Å². The predicted octanol–water partition coefficient (Wildman–Crippen LogP) is 3.01. The van der Waals surface area contributed by atoms with E-state index in [0.717, 1.165) is 30.6 Å². The van der Waals surface area contributed by atoms with Crippen LogP contribution in [0.1, 0.15) is 42.8 Å². The number of hydrogen-bond donors (Lipinski definition) is 1. The van der Waals surface area contributed by atoms with Crippen LogP contribution in [0, 0.1) is 12.8 Å². The van der Waals surface area contributed by atoms with E-state index in [0.29, 0.717) is 6.61 Å². The van der Waals surface area contributed by atoms with Gasteiger partial charge in [0, 0.05) is 6.61 Å². The molecule has 1 heterocycles. The van der Waals surface area contributed by atoms with Crippen molar-refractivity contribution in [3.8, 4) is 0 Å². The van der Waals surface area contributed by atoms with Gasteiger partial charge >= 0.3 is 0 Å². The van der Waals surface area contributed by atoms with E-state index in [1.165, 1.54) is 31.2 Å². The smallest absolute Gasteiger partial charge is 0.130 e. The number of hydrogen-bond acceptors (Lipinski definition) is 3. The summed E-state index contributed by atoms with van der Waals surface area (Å²) in [5.74, 6) is 2.75. The van der Waals surface area contributed by atoms with Crippen LogP contribution in [0.25, 0.3) is 0 Å². The first-order valence-electron chi connectivity index (χ1n) is 6.60. The van der Waals surface area contributed by atoms with E-state index in [1.807, 2.05) is 7.05 Å². The zero-order valence-corrected chi connectivity index (χ0v) is 10.9. The highest BCUT2D eigenvalue weighted by atomic mass is 16.5. The third-order valence-electron chi connectivity index (χ3n) is 3.48. The first kappa shape index (κ1) is 12.7. The lowest BCUT2D eigenvalue weighted by Crippen LogP contribution is -2.05. The van der Waals surface area contributed by atoms with Gasteiger partial charge in [0.1, 0.15) is 18.1 Å². The molecule has 0 saturated heterocycles. The second-order valence-electron chi connectivity index (χ2n) is 5.01. The molecule has 1 aliphatic rings. The van der Waals surface area contributed by atoms with E-state index in [4.69, 9.17) is 9.15 Å². The summed E-state index contributed by atoms with van der Waals surface area (Å²) in [5, 5.41) is 3.10. The van der Waals surface area contributed by atoms with Crippen LogP contribution in [0.2, 0.25) is 0 Å². The summed E-state index contributed by atoms with van der Waals surface area (Å²) in [6.45, 7) is 4.37. The summed E-state index contributed by atoms with van der Waals surface area (Å²) in [5.41, 5.74) is 1.21. The summed E-state index contributed by atoms with van der Waals surface area (Å²) in [6, 6.07) is 2.08. The van der Waals surface area contributed by atoms with Gasteiger partial charge in [-0.2, -0.15) is 0 Å². The highest BCUT2D eigenvalue weighted by Gasteiger charge is 2.15. The number of furan rings is 1. The van der Waals surface area contributed by atoms with Gasteiger partial charge < -0.3 is 14.5 Å². The van der Waals surface area contributed by atoms with Crippen LogP contribution in [-0.4, -0.2) is 13.7 Å². The molecule has 0 bridgehead atoms. The Morgan fingerprint density at radius 1 is 1.41 bits per heavy atom. The molecule has 17 heavy (non-hydrogen) atoms. The third-order valence-corrected chi connectivity index (χ3v) is 3.48. The Hall–Kier alpha value is -0.800. The normalized spacial score (nSPS) is 16.8. The van der Waals surface area contributed by atoms with Crippen molar-refractivity contribution in [1.29, 1.82) is 0 Å². The van der Waals surface area contributed by atoms with Crippen LogP contribution in [0.3, 0.4) is 0 Å². The minimum absolute atomic E-state index is 0.612. The quantitative estimate of drug-likeness (QED) is 0.826. The van der Waals surface area contributed by atoms with E-state index in [1.54, 1.807) is 0 Å². The highest BCUT2D eigenvalue weighted by molar-refractivity contribution is 5.19. The molecule has 0 atom stereocenters. The lowest BCUT2D eigenvalue weighted by atomic mass is 10.1. The Kier molecular flexibility index (Phi) is 4.63. The summed E-state index contributed by atoms with van der Waals surface area (Å²) in [7, 11) is 1.93. The molecular weight excluding hydrogens is 214 g/mol. The van der Waals surface area contributed by atoms with Gasteiger partial charge in [-0.3, -0.25) is 0 Å². The van der Waals surface area contributed by atoms with Gasteiger partial charge in [0.05, 0.1) is 6.54 Å². The molecular formula is C14H23NO2. The molecule has 1 aromatic heterocycles. The van der Waals surface area contributed by atoms with Gasteiger partial charge in [-0.25, -0.2) is 0 Å². The van der Waals surface area contributed by atoms with E-state index >= 15 is 0 Å². The average molecular weight is 237 g/mol.